The Hall–Kier alpha value is -1.00. The molecule has 0 bridgehead atoms. The molecule has 0 spiro atoms. The molecule has 1 heterocycles. The van der Waals surface area contributed by atoms with E-state index in [4.69, 9.17) is 0 Å². The third kappa shape index (κ3) is 3.76. The summed E-state index contributed by atoms with van der Waals surface area (Å²) in [6, 6.07) is 8.91. The van der Waals surface area contributed by atoms with Crippen molar-refractivity contribution in [3.05, 3.63) is 30.0 Å². The molecule has 0 amide bonds. The van der Waals surface area contributed by atoms with E-state index < -0.39 is 0 Å². The van der Waals surface area contributed by atoms with Gasteiger partial charge in [0.2, 0.25) is 0 Å². The lowest BCUT2D eigenvalue weighted by Gasteiger charge is -2.22. The summed E-state index contributed by atoms with van der Waals surface area (Å²) < 4.78 is 2.29. The molecule has 4 heteroatoms. The predicted octanol–water partition coefficient (Wildman–Crippen LogP) is 3.24. The minimum Gasteiger partial charge on any atom is -0.316 e. The molecule has 0 saturated carbocycles. The number of aryl methyl sites for hydroxylation is 1. The molecule has 3 nitrogen and oxygen atoms in total. The Morgan fingerprint density at radius 2 is 2.00 bits per heavy atom. The van der Waals surface area contributed by atoms with Crippen LogP contribution in [-0.4, -0.2) is 33.4 Å². The van der Waals surface area contributed by atoms with Crippen LogP contribution in [0.25, 0.3) is 10.9 Å². The Balaban J connectivity index is 2.13. The quantitative estimate of drug-likeness (QED) is 0.917. The highest BCUT2D eigenvalue weighted by molar-refractivity contribution is 8.00. The van der Waals surface area contributed by atoms with Gasteiger partial charge in [-0.1, -0.05) is 39.0 Å². The first-order valence-corrected chi connectivity index (χ1v) is 8.11. The normalized spacial score (nSPS) is 13.8. The van der Waals surface area contributed by atoms with Gasteiger partial charge >= 0.3 is 0 Å². The van der Waals surface area contributed by atoms with E-state index in [-0.39, 0.29) is 0 Å². The van der Waals surface area contributed by atoms with E-state index in [1.165, 1.54) is 16.6 Å². The second-order valence-corrected chi connectivity index (χ2v) is 8.05. The van der Waals surface area contributed by atoms with E-state index >= 15 is 0 Å². The first-order valence-electron chi connectivity index (χ1n) is 7.12. The molecule has 2 rings (SSSR count). The average molecular weight is 291 g/mol. The van der Waals surface area contributed by atoms with Crippen LogP contribution in [0.15, 0.2) is 24.3 Å². The van der Waals surface area contributed by atoms with Crippen molar-refractivity contribution in [2.24, 2.45) is 7.05 Å². The van der Waals surface area contributed by atoms with Gasteiger partial charge in [-0.3, -0.25) is 4.68 Å². The van der Waals surface area contributed by atoms with Crippen molar-refractivity contribution in [1.82, 2.24) is 15.1 Å². The van der Waals surface area contributed by atoms with E-state index in [1.807, 2.05) is 30.5 Å². The van der Waals surface area contributed by atoms with Crippen LogP contribution in [0.4, 0.5) is 0 Å². The fourth-order valence-corrected chi connectivity index (χ4v) is 3.25. The molecule has 0 saturated heterocycles. The van der Waals surface area contributed by atoms with Crippen LogP contribution in [0.2, 0.25) is 0 Å². The molecular weight excluding hydrogens is 266 g/mol. The highest BCUT2D eigenvalue weighted by Gasteiger charge is 2.17. The van der Waals surface area contributed by atoms with Crippen LogP contribution < -0.4 is 5.32 Å². The van der Waals surface area contributed by atoms with Gasteiger partial charge in [0.05, 0.1) is 11.2 Å². The molecule has 20 heavy (non-hydrogen) atoms. The molecule has 0 aliphatic rings. The van der Waals surface area contributed by atoms with Crippen molar-refractivity contribution in [2.45, 2.75) is 38.0 Å². The molecule has 1 aromatic heterocycles. The number of thioether (sulfide) groups is 1. The van der Waals surface area contributed by atoms with Gasteiger partial charge in [-0.25, -0.2) is 0 Å². The number of hydrogen-bond acceptors (Lipinski definition) is 3. The summed E-state index contributed by atoms with van der Waals surface area (Å²) in [4.78, 5) is 0. The van der Waals surface area contributed by atoms with Crippen molar-refractivity contribution in [3.8, 4) is 0 Å². The van der Waals surface area contributed by atoms with Crippen molar-refractivity contribution in [1.29, 1.82) is 0 Å². The van der Waals surface area contributed by atoms with Gasteiger partial charge in [-0.05, 0) is 13.1 Å². The second kappa shape index (κ2) is 6.19. The van der Waals surface area contributed by atoms with E-state index in [0.717, 1.165) is 12.2 Å². The standard InChI is InChI=1S/C16H25N3S/c1-16(2,3)20-11-12(17-4)10-14-13-8-6-7-9-15(13)19(5)18-14/h6-9,12,17H,10-11H2,1-5H3. The van der Waals surface area contributed by atoms with Gasteiger partial charge < -0.3 is 5.32 Å². The SMILES string of the molecule is CNC(CSC(C)(C)C)Cc1nn(C)c2ccccc12. The van der Waals surface area contributed by atoms with Gasteiger partial charge in [0.25, 0.3) is 0 Å². The fraction of sp³-hybridized carbons (Fsp3) is 0.562. The topological polar surface area (TPSA) is 29.9 Å². The number of rotatable bonds is 5. The Bertz CT molecular complexity index is 569. The summed E-state index contributed by atoms with van der Waals surface area (Å²) in [6.45, 7) is 6.79. The third-order valence-corrected chi connectivity index (χ3v) is 4.83. The van der Waals surface area contributed by atoms with E-state index in [0.29, 0.717) is 10.8 Å². The predicted molar refractivity (Wildman–Crippen MR) is 89.5 cm³/mol. The zero-order chi connectivity index (χ0) is 14.8. The van der Waals surface area contributed by atoms with Crippen LogP contribution in [0, 0.1) is 0 Å². The lowest BCUT2D eigenvalue weighted by molar-refractivity contribution is 0.600. The lowest BCUT2D eigenvalue weighted by Crippen LogP contribution is -2.32. The molecule has 1 unspecified atom stereocenters. The van der Waals surface area contributed by atoms with Crippen molar-refractivity contribution in [3.63, 3.8) is 0 Å². The summed E-state index contributed by atoms with van der Waals surface area (Å²) in [5, 5.41) is 9.39. The maximum Gasteiger partial charge on any atom is 0.0719 e. The number of benzene rings is 1. The first-order chi connectivity index (χ1) is 9.40. The number of aromatic nitrogens is 2. The molecule has 2 aromatic rings. The minimum atomic E-state index is 0.307. The lowest BCUT2D eigenvalue weighted by atomic mass is 10.1. The van der Waals surface area contributed by atoms with Crippen molar-refractivity contribution >= 4 is 22.7 Å². The molecule has 1 aromatic carbocycles. The fourth-order valence-electron chi connectivity index (χ4n) is 2.27. The number of hydrogen-bond donors (Lipinski definition) is 1. The molecule has 0 aliphatic carbocycles. The number of likely N-dealkylation sites (N-methyl/N-ethyl adjacent to an activating group) is 1. The first kappa shape index (κ1) is 15.4. The minimum absolute atomic E-state index is 0.307. The van der Waals surface area contributed by atoms with Gasteiger partial charge in [-0.2, -0.15) is 16.9 Å². The summed E-state index contributed by atoms with van der Waals surface area (Å²) in [5.41, 5.74) is 2.40. The molecule has 1 atom stereocenters. The average Bonchev–Trinajstić information content (AvgIpc) is 2.71. The third-order valence-electron chi connectivity index (χ3n) is 3.40. The van der Waals surface area contributed by atoms with Crippen LogP contribution in [0.3, 0.4) is 0 Å². The Morgan fingerprint density at radius 3 is 2.65 bits per heavy atom. The highest BCUT2D eigenvalue weighted by atomic mass is 32.2. The number of nitrogens with zero attached hydrogens (tertiary/aromatic N) is 2. The Kier molecular flexibility index (Phi) is 4.76. The zero-order valence-electron chi connectivity index (χ0n) is 13.1. The summed E-state index contributed by atoms with van der Waals surface area (Å²) in [5.74, 6) is 1.10. The summed E-state index contributed by atoms with van der Waals surface area (Å²) in [6.07, 6.45) is 0.973. The molecule has 0 aliphatic heterocycles. The maximum absolute atomic E-state index is 4.69. The van der Waals surface area contributed by atoms with Gasteiger partial charge in [0, 0.05) is 35.4 Å². The van der Waals surface area contributed by atoms with E-state index in [2.05, 4.69) is 55.5 Å². The Morgan fingerprint density at radius 1 is 1.30 bits per heavy atom. The van der Waals surface area contributed by atoms with Gasteiger partial charge in [0.1, 0.15) is 0 Å². The number of fused-ring (bicyclic) bond motifs is 1. The van der Waals surface area contributed by atoms with Crippen LogP contribution in [0.1, 0.15) is 26.5 Å². The summed E-state index contributed by atoms with van der Waals surface area (Å²) in [7, 11) is 4.06. The zero-order valence-corrected chi connectivity index (χ0v) is 13.9. The second-order valence-electron chi connectivity index (χ2n) is 6.20. The van der Waals surface area contributed by atoms with Crippen LogP contribution in [-0.2, 0) is 13.5 Å². The highest BCUT2D eigenvalue weighted by Crippen LogP contribution is 2.25. The van der Waals surface area contributed by atoms with Gasteiger partial charge in [-0.15, -0.1) is 0 Å². The van der Waals surface area contributed by atoms with Crippen LogP contribution >= 0.6 is 11.8 Å². The number of para-hydroxylation sites is 1. The molecule has 0 radical (unpaired) electrons. The van der Waals surface area contributed by atoms with Gasteiger partial charge in [0.15, 0.2) is 0 Å². The van der Waals surface area contributed by atoms with Crippen molar-refractivity contribution < 1.29 is 0 Å². The largest absolute Gasteiger partial charge is 0.316 e. The van der Waals surface area contributed by atoms with Crippen molar-refractivity contribution in [2.75, 3.05) is 12.8 Å². The molecule has 0 fully saturated rings. The smallest absolute Gasteiger partial charge is 0.0719 e. The molecular formula is C16H25N3S. The number of nitrogens with one attached hydrogen (secondary N) is 1. The molecule has 110 valence electrons. The van der Waals surface area contributed by atoms with E-state index in [1.54, 1.807) is 0 Å². The molecule has 1 N–H and O–H groups in total. The summed E-state index contributed by atoms with van der Waals surface area (Å²) >= 11 is 2.00. The van der Waals surface area contributed by atoms with Crippen LogP contribution in [0.5, 0.6) is 0 Å². The van der Waals surface area contributed by atoms with E-state index in [9.17, 15) is 0 Å². The Labute approximate surface area is 126 Å². The maximum atomic E-state index is 4.69. The monoisotopic (exact) mass is 291 g/mol.